The number of hydrogen-bond acceptors (Lipinski definition) is 5. The molecule has 0 radical (unpaired) electrons. The number of amides is 1. The van der Waals surface area contributed by atoms with Crippen molar-refractivity contribution in [1.29, 1.82) is 0 Å². The third-order valence-corrected chi connectivity index (χ3v) is 5.78. The van der Waals surface area contributed by atoms with Crippen molar-refractivity contribution < 1.29 is 13.2 Å². The van der Waals surface area contributed by atoms with Crippen molar-refractivity contribution in [2.45, 2.75) is 17.7 Å². The number of sulfonamides is 1. The Morgan fingerprint density at radius 3 is 2.95 bits per heavy atom. The van der Waals surface area contributed by atoms with Crippen molar-refractivity contribution in [3.63, 3.8) is 0 Å². The van der Waals surface area contributed by atoms with Gasteiger partial charge in [0.1, 0.15) is 4.90 Å². The Balaban J connectivity index is 2.13. The average molecular weight is 391 g/mol. The Morgan fingerprint density at radius 1 is 1.50 bits per heavy atom. The zero-order chi connectivity index (χ0) is 16.2. The molecular formula is C13H19BrN4O3S. The van der Waals surface area contributed by atoms with Crippen molar-refractivity contribution in [3.05, 3.63) is 22.9 Å². The summed E-state index contributed by atoms with van der Waals surface area (Å²) >= 11 is 3.22. The summed E-state index contributed by atoms with van der Waals surface area (Å²) in [4.78, 5) is 16.0. The summed E-state index contributed by atoms with van der Waals surface area (Å²) in [6, 6.07) is 1.51. The van der Waals surface area contributed by atoms with Crippen LogP contribution in [0.15, 0.2) is 27.8 Å². The van der Waals surface area contributed by atoms with Gasteiger partial charge in [0, 0.05) is 43.0 Å². The summed E-state index contributed by atoms with van der Waals surface area (Å²) in [6.07, 6.45) is 4.18. The van der Waals surface area contributed by atoms with E-state index in [0.717, 1.165) is 0 Å². The Kier molecular flexibility index (Phi) is 5.90. The van der Waals surface area contributed by atoms with Crippen LogP contribution in [0, 0.1) is 5.92 Å². The molecule has 7 nitrogen and oxygen atoms in total. The van der Waals surface area contributed by atoms with E-state index < -0.39 is 10.0 Å². The van der Waals surface area contributed by atoms with Crippen molar-refractivity contribution >= 4 is 31.9 Å². The lowest BCUT2D eigenvalue weighted by Crippen LogP contribution is -2.46. The summed E-state index contributed by atoms with van der Waals surface area (Å²) in [6.45, 7) is 1.36. The Labute approximate surface area is 138 Å². The standard InChI is InChI=1S/C13H19BrN4O3S/c14-11-6-12(8-16-7-11)22(20,21)18-5-1-2-10(9-18)13(19)17-4-3-15/h6-8,10H,1-5,9,15H2,(H,17,19). The number of aromatic nitrogens is 1. The second-order valence-corrected chi connectivity index (χ2v) is 7.97. The van der Waals surface area contributed by atoms with Gasteiger partial charge < -0.3 is 11.1 Å². The molecular weight excluding hydrogens is 372 g/mol. The molecule has 0 bridgehead atoms. The molecule has 0 aliphatic carbocycles. The van der Waals surface area contributed by atoms with E-state index in [4.69, 9.17) is 5.73 Å². The number of nitrogens with zero attached hydrogens (tertiary/aromatic N) is 2. The summed E-state index contributed by atoms with van der Waals surface area (Å²) in [5.41, 5.74) is 5.36. The highest BCUT2D eigenvalue weighted by molar-refractivity contribution is 9.10. The lowest BCUT2D eigenvalue weighted by Gasteiger charge is -2.31. The fraction of sp³-hybridized carbons (Fsp3) is 0.538. The number of nitrogens with two attached hydrogens (primary N) is 1. The monoisotopic (exact) mass is 390 g/mol. The highest BCUT2D eigenvalue weighted by Gasteiger charge is 2.33. The summed E-state index contributed by atoms with van der Waals surface area (Å²) in [7, 11) is -3.64. The average Bonchev–Trinajstić information content (AvgIpc) is 2.52. The smallest absolute Gasteiger partial charge is 0.244 e. The molecule has 1 aliphatic heterocycles. The highest BCUT2D eigenvalue weighted by atomic mass is 79.9. The number of halogens is 1. The van der Waals surface area contributed by atoms with E-state index >= 15 is 0 Å². The van der Waals surface area contributed by atoms with Gasteiger partial charge in [-0.05, 0) is 34.8 Å². The van der Waals surface area contributed by atoms with E-state index in [-0.39, 0.29) is 23.3 Å². The van der Waals surface area contributed by atoms with E-state index in [1.165, 1.54) is 22.8 Å². The quantitative estimate of drug-likeness (QED) is 0.752. The van der Waals surface area contributed by atoms with E-state index in [1.807, 2.05) is 0 Å². The minimum Gasteiger partial charge on any atom is -0.355 e. The first kappa shape index (κ1) is 17.3. The van der Waals surface area contributed by atoms with Gasteiger partial charge in [0.25, 0.3) is 0 Å². The number of piperidine rings is 1. The molecule has 1 fully saturated rings. The second-order valence-electron chi connectivity index (χ2n) is 5.12. The van der Waals surface area contributed by atoms with Crippen molar-refractivity contribution in [1.82, 2.24) is 14.6 Å². The number of rotatable bonds is 5. The topological polar surface area (TPSA) is 105 Å². The number of pyridine rings is 1. The van der Waals surface area contributed by atoms with Crippen molar-refractivity contribution in [2.75, 3.05) is 26.2 Å². The molecule has 2 heterocycles. The summed E-state index contributed by atoms with van der Waals surface area (Å²) in [5, 5.41) is 2.72. The molecule has 0 spiro atoms. The maximum Gasteiger partial charge on any atom is 0.244 e. The first-order valence-electron chi connectivity index (χ1n) is 7.03. The molecule has 1 aliphatic rings. The molecule has 1 aromatic heterocycles. The molecule has 9 heteroatoms. The van der Waals surface area contributed by atoms with Gasteiger partial charge in [0.2, 0.25) is 15.9 Å². The number of hydrogen-bond donors (Lipinski definition) is 2. The fourth-order valence-corrected chi connectivity index (χ4v) is 4.43. The van der Waals surface area contributed by atoms with Gasteiger partial charge in [-0.1, -0.05) is 0 Å². The molecule has 22 heavy (non-hydrogen) atoms. The second kappa shape index (κ2) is 7.49. The van der Waals surface area contributed by atoms with Crippen molar-refractivity contribution in [3.8, 4) is 0 Å². The molecule has 1 aromatic rings. The molecule has 3 N–H and O–H groups in total. The van der Waals surface area contributed by atoms with Crippen LogP contribution in [0.5, 0.6) is 0 Å². The van der Waals surface area contributed by atoms with Crippen molar-refractivity contribution in [2.24, 2.45) is 11.7 Å². The van der Waals surface area contributed by atoms with Crippen LogP contribution < -0.4 is 11.1 Å². The Morgan fingerprint density at radius 2 is 2.27 bits per heavy atom. The molecule has 1 saturated heterocycles. The normalized spacial score (nSPS) is 19.8. The molecule has 0 aromatic carbocycles. The fourth-order valence-electron chi connectivity index (χ4n) is 2.40. The minimum atomic E-state index is -3.64. The number of nitrogens with one attached hydrogen (secondary N) is 1. The van der Waals surface area contributed by atoms with Gasteiger partial charge in [0.05, 0.1) is 5.92 Å². The third-order valence-electron chi connectivity index (χ3n) is 3.52. The van der Waals surface area contributed by atoms with Gasteiger partial charge >= 0.3 is 0 Å². The van der Waals surface area contributed by atoms with E-state index in [9.17, 15) is 13.2 Å². The van der Waals surface area contributed by atoms with Gasteiger partial charge in [-0.3, -0.25) is 9.78 Å². The van der Waals surface area contributed by atoms with Gasteiger partial charge in [-0.2, -0.15) is 4.31 Å². The van der Waals surface area contributed by atoms with E-state index in [2.05, 4.69) is 26.2 Å². The Hall–Kier alpha value is -1.03. The van der Waals surface area contributed by atoms with Crippen LogP contribution >= 0.6 is 15.9 Å². The SMILES string of the molecule is NCCNC(=O)C1CCCN(S(=O)(=O)c2cncc(Br)c2)C1. The van der Waals surface area contributed by atoms with Gasteiger partial charge in [-0.15, -0.1) is 0 Å². The highest BCUT2D eigenvalue weighted by Crippen LogP contribution is 2.24. The number of carbonyl (C=O) groups is 1. The molecule has 1 unspecified atom stereocenters. The molecule has 1 atom stereocenters. The minimum absolute atomic E-state index is 0.130. The lowest BCUT2D eigenvalue weighted by molar-refractivity contribution is -0.126. The molecule has 122 valence electrons. The van der Waals surface area contributed by atoms with Crippen LogP contribution in [0.25, 0.3) is 0 Å². The van der Waals surface area contributed by atoms with E-state index in [0.29, 0.717) is 36.9 Å². The maximum atomic E-state index is 12.6. The molecule has 2 rings (SSSR count). The molecule has 1 amide bonds. The van der Waals surface area contributed by atoms with E-state index in [1.54, 1.807) is 0 Å². The predicted molar refractivity (Wildman–Crippen MR) is 85.5 cm³/mol. The summed E-state index contributed by atoms with van der Waals surface area (Å²) < 4.78 is 27.2. The largest absolute Gasteiger partial charge is 0.355 e. The summed E-state index contributed by atoms with van der Waals surface area (Å²) in [5.74, 6) is -0.479. The van der Waals surface area contributed by atoms with Crippen LogP contribution in [-0.4, -0.2) is 49.8 Å². The zero-order valence-electron chi connectivity index (χ0n) is 12.0. The first-order chi connectivity index (χ1) is 10.4. The predicted octanol–water partition coefficient (Wildman–Crippen LogP) is 0.320. The Bertz CT molecular complexity index is 638. The lowest BCUT2D eigenvalue weighted by atomic mass is 9.99. The zero-order valence-corrected chi connectivity index (χ0v) is 14.4. The van der Waals surface area contributed by atoms with Crippen LogP contribution in [-0.2, 0) is 14.8 Å². The van der Waals surface area contributed by atoms with Gasteiger partial charge in [-0.25, -0.2) is 8.42 Å². The van der Waals surface area contributed by atoms with Gasteiger partial charge in [0.15, 0.2) is 0 Å². The molecule has 0 saturated carbocycles. The van der Waals surface area contributed by atoms with Crippen LogP contribution in [0.2, 0.25) is 0 Å². The first-order valence-corrected chi connectivity index (χ1v) is 9.27. The number of carbonyl (C=O) groups excluding carboxylic acids is 1. The van der Waals surface area contributed by atoms with Crippen LogP contribution in [0.4, 0.5) is 0 Å². The van der Waals surface area contributed by atoms with Crippen LogP contribution in [0.3, 0.4) is 0 Å². The van der Waals surface area contributed by atoms with Crippen LogP contribution in [0.1, 0.15) is 12.8 Å². The third kappa shape index (κ3) is 4.03. The maximum absolute atomic E-state index is 12.6.